The number of aromatic nitrogens is 2. The number of benzene rings is 2. The number of hydrogen-bond acceptors (Lipinski definition) is 2. The van der Waals surface area contributed by atoms with Gasteiger partial charge in [0, 0.05) is 32.5 Å². The van der Waals surface area contributed by atoms with Gasteiger partial charge in [-0.15, -0.1) is 24.0 Å². The second kappa shape index (κ2) is 10.2. The van der Waals surface area contributed by atoms with E-state index in [1.165, 1.54) is 12.1 Å². The van der Waals surface area contributed by atoms with Gasteiger partial charge >= 0.3 is 0 Å². The van der Waals surface area contributed by atoms with Gasteiger partial charge in [-0.25, -0.2) is 13.8 Å². The Morgan fingerprint density at radius 2 is 1.71 bits per heavy atom. The zero-order valence-electron chi connectivity index (χ0n) is 15.6. The number of imidazole rings is 1. The molecule has 0 atom stereocenters. The molecule has 0 aliphatic heterocycles. The van der Waals surface area contributed by atoms with Crippen molar-refractivity contribution in [3.63, 3.8) is 0 Å². The van der Waals surface area contributed by atoms with Crippen molar-refractivity contribution in [2.45, 2.75) is 20.0 Å². The third-order valence-electron chi connectivity index (χ3n) is 4.16. The van der Waals surface area contributed by atoms with Gasteiger partial charge in [-0.05, 0) is 41.8 Å². The van der Waals surface area contributed by atoms with Crippen LogP contribution in [0.4, 0.5) is 8.78 Å². The summed E-state index contributed by atoms with van der Waals surface area (Å²) in [6, 6.07) is 10.0. The van der Waals surface area contributed by atoms with Gasteiger partial charge < -0.3 is 15.2 Å². The first-order valence-electron chi connectivity index (χ1n) is 8.53. The molecular weight excluding hydrogens is 475 g/mol. The number of nitrogens with one attached hydrogen (secondary N) is 2. The van der Waals surface area contributed by atoms with Crippen LogP contribution in [0.2, 0.25) is 0 Å². The van der Waals surface area contributed by atoms with Crippen LogP contribution in [0.1, 0.15) is 16.7 Å². The van der Waals surface area contributed by atoms with Crippen molar-refractivity contribution in [2.75, 3.05) is 7.05 Å². The standard InChI is InChI=1S/C20H21F2N5.HI/c1-14-9-15(3-5-17(14)21)11-25-20(23-2)26-12-16-4-6-19(18(22)10-16)27-8-7-24-13-27;/h3-10,13H,11-12H2,1-2H3,(H2,23,25,26);1H. The molecule has 28 heavy (non-hydrogen) atoms. The average molecular weight is 497 g/mol. The van der Waals surface area contributed by atoms with Crippen molar-refractivity contribution in [1.29, 1.82) is 0 Å². The third kappa shape index (κ3) is 5.51. The van der Waals surface area contributed by atoms with Crippen LogP contribution in [0.3, 0.4) is 0 Å². The van der Waals surface area contributed by atoms with E-state index in [0.29, 0.717) is 30.3 Å². The first-order valence-corrected chi connectivity index (χ1v) is 8.53. The summed E-state index contributed by atoms with van der Waals surface area (Å²) in [6.45, 7) is 2.66. The smallest absolute Gasteiger partial charge is 0.191 e. The largest absolute Gasteiger partial charge is 0.352 e. The number of aliphatic imine (C=N–C) groups is 1. The summed E-state index contributed by atoms with van der Waals surface area (Å²) in [5.74, 6) is 0.0375. The van der Waals surface area contributed by atoms with E-state index < -0.39 is 0 Å². The number of guanidine groups is 1. The molecule has 0 unspecified atom stereocenters. The maximum atomic E-state index is 14.3. The molecule has 2 N–H and O–H groups in total. The quantitative estimate of drug-likeness (QED) is 0.319. The molecule has 0 spiro atoms. The topological polar surface area (TPSA) is 54.2 Å². The Balaban J connectivity index is 0.00000280. The van der Waals surface area contributed by atoms with Gasteiger partial charge in [0.15, 0.2) is 5.96 Å². The van der Waals surface area contributed by atoms with Crippen molar-refractivity contribution >= 4 is 29.9 Å². The van der Waals surface area contributed by atoms with Crippen molar-refractivity contribution < 1.29 is 8.78 Å². The lowest BCUT2D eigenvalue weighted by Gasteiger charge is -2.13. The molecule has 3 rings (SSSR count). The van der Waals surface area contributed by atoms with Crippen LogP contribution < -0.4 is 10.6 Å². The van der Waals surface area contributed by atoms with E-state index in [1.807, 2.05) is 6.07 Å². The molecule has 148 valence electrons. The lowest BCUT2D eigenvalue weighted by atomic mass is 10.1. The Kier molecular flexibility index (Phi) is 7.91. The molecule has 1 heterocycles. The molecule has 0 fully saturated rings. The molecule has 0 aliphatic rings. The summed E-state index contributed by atoms with van der Waals surface area (Å²) in [5.41, 5.74) is 2.79. The van der Waals surface area contributed by atoms with Gasteiger partial charge in [-0.1, -0.05) is 18.2 Å². The molecule has 0 saturated heterocycles. The highest BCUT2D eigenvalue weighted by atomic mass is 127. The Hall–Kier alpha value is -2.49. The molecular formula is C20H22F2IN5. The van der Waals surface area contributed by atoms with E-state index in [0.717, 1.165) is 11.1 Å². The summed E-state index contributed by atoms with van der Waals surface area (Å²) < 4.78 is 29.3. The van der Waals surface area contributed by atoms with E-state index >= 15 is 0 Å². The fraction of sp³-hybridized carbons (Fsp3) is 0.200. The van der Waals surface area contributed by atoms with Crippen LogP contribution >= 0.6 is 24.0 Å². The lowest BCUT2D eigenvalue weighted by molar-refractivity contribution is 0.614. The summed E-state index contributed by atoms with van der Waals surface area (Å²) >= 11 is 0. The highest BCUT2D eigenvalue weighted by Gasteiger charge is 2.06. The Morgan fingerprint density at radius 3 is 2.29 bits per heavy atom. The maximum Gasteiger partial charge on any atom is 0.191 e. The van der Waals surface area contributed by atoms with Crippen molar-refractivity contribution in [2.24, 2.45) is 4.99 Å². The molecule has 0 radical (unpaired) electrons. The highest BCUT2D eigenvalue weighted by Crippen LogP contribution is 2.15. The minimum atomic E-state index is -0.322. The third-order valence-corrected chi connectivity index (χ3v) is 4.16. The number of aryl methyl sites for hydroxylation is 1. The first kappa shape index (κ1) is 21.8. The van der Waals surface area contributed by atoms with E-state index in [2.05, 4.69) is 20.6 Å². The second-order valence-corrected chi connectivity index (χ2v) is 6.12. The Labute approximate surface area is 179 Å². The fourth-order valence-corrected chi connectivity index (χ4v) is 2.68. The van der Waals surface area contributed by atoms with Gasteiger partial charge in [0.1, 0.15) is 11.6 Å². The number of halogens is 3. The van der Waals surface area contributed by atoms with Crippen LogP contribution in [0.15, 0.2) is 60.1 Å². The van der Waals surface area contributed by atoms with E-state index in [9.17, 15) is 8.78 Å². The highest BCUT2D eigenvalue weighted by molar-refractivity contribution is 14.0. The lowest BCUT2D eigenvalue weighted by Crippen LogP contribution is -2.36. The van der Waals surface area contributed by atoms with Gasteiger partial charge in [0.2, 0.25) is 0 Å². The van der Waals surface area contributed by atoms with Gasteiger partial charge in [0.05, 0.1) is 12.0 Å². The van der Waals surface area contributed by atoms with Crippen LogP contribution in [-0.4, -0.2) is 22.6 Å². The molecule has 3 aromatic rings. The van der Waals surface area contributed by atoms with Crippen LogP contribution in [0, 0.1) is 18.6 Å². The number of hydrogen-bond donors (Lipinski definition) is 2. The first-order chi connectivity index (χ1) is 13.1. The molecule has 0 aliphatic carbocycles. The predicted octanol–water partition coefficient (Wildman–Crippen LogP) is 3.94. The monoisotopic (exact) mass is 497 g/mol. The van der Waals surface area contributed by atoms with Gasteiger partial charge in [0.25, 0.3) is 0 Å². The van der Waals surface area contributed by atoms with Crippen molar-refractivity contribution in [3.05, 3.63) is 83.4 Å². The van der Waals surface area contributed by atoms with Crippen LogP contribution in [-0.2, 0) is 13.1 Å². The maximum absolute atomic E-state index is 14.3. The van der Waals surface area contributed by atoms with Crippen molar-refractivity contribution in [3.8, 4) is 5.69 Å². The SMILES string of the molecule is CN=C(NCc1ccc(F)c(C)c1)NCc1ccc(-n2ccnc2)c(F)c1.I. The van der Waals surface area contributed by atoms with Gasteiger partial charge in [-0.3, -0.25) is 4.99 Å². The van der Waals surface area contributed by atoms with Crippen LogP contribution in [0.5, 0.6) is 0 Å². The zero-order valence-corrected chi connectivity index (χ0v) is 17.9. The Bertz CT molecular complexity index is 942. The molecule has 1 aromatic heterocycles. The number of nitrogens with zero attached hydrogens (tertiary/aromatic N) is 3. The average Bonchev–Trinajstić information content (AvgIpc) is 3.19. The normalized spacial score (nSPS) is 11.1. The zero-order chi connectivity index (χ0) is 19.2. The van der Waals surface area contributed by atoms with E-state index in [1.54, 1.807) is 55.5 Å². The molecule has 0 amide bonds. The second-order valence-electron chi connectivity index (χ2n) is 6.12. The molecule has 0 bridgehead atoms. The predicted molar refractivity (Wildman–Crippen MR) is 117 cm³/mol. The summed E-state index contributed by atoms with van der Waals surface area (Å²) in [7, 11) is 1.66. The van der Waals surface area contributed by atoms with Crippen molar-refractivity contribution in [1.82, 2.24) is 20.2 Å². The van der Waals surface area contributed by atoms with Gasteiger partial charge in [-0.2, -0.15) is 0 Å². The van der Waals surface area contributed by atoms with E-state index in [-0.39, 0.29) is 35.6 Å². The van der Waals surface area contributed by atoms with Crippen LogP contribution in [0.25, 0.3) is 5.69 Å². The molecule has 5 nitrogen and oxygen atoms in total. The number of rotatable bonds is 5. The minimum absolute atomic E-state index is 0. The molecule has 8 heteroatoms. The van der Waals surface area contributed by atoms with E-state index in [4.69, 9.17) is 0 Å². The minimum Gasteiger partial charge on any atom is -0.352 e. The Morgan fingerprint density at radius 1 is 1.04 bits per heavy atom. The summed E-state index contributed by atoms with van der Waals surface area (Å²) in [4.78, 5) is 8.08. The molecule has 0 saturated carbocycles. The summed E-state index contributed by atoms with van der Waals surface area (Å²) in [6.07, 6.45) is 4.85. The fourth-order valence-electron chi connectivity index (χ4n) is 2.68. The summed E-state index contributed by atoms with van der Waals surface area (Å²) in [5, 5.41) is 6.30. The molecule has 2 aromatic carbocycles.